The maximum Gasteiger partial charge on any atom is 0.410 e. The number of nitrogens with one attached hydrogen (secondary N) is 1. The van der Waals surface area contributed by atoms with Crippen molar-refractivity contribution in [1.29, 1.82) is 0 Å². The van der Waals surface area contributed by atoms with E-state index in [1.165, 1.54) is 11.3 Å². The number of methoxy groups -OCH3 is 1. The van der Waals surface area contributed by atoms with E-state index in [1.807, 2.05) is 35.2 Å². The third kappa shape index (κ3) is 6.08. The van der Waals surface area contributed by atoms with Gasteiger partial charge in [-0.1, -0.05) is 53.4 Å². The molecular formula is C18H24N4O3S2. The maximum absolute atomic E-state index is 12.4. The Morgan fingerprint density at radius 1 is 1.37 bits per heavy atom. The average molecular weight is 409 g/mol. The molecule has 0 saturated carbocycles. The number of thioether (sulfide) groups is 1. The molecule has 0 spiro atoms. The summed E-state index contributed by atoms with van der Waals surface area (Å²) in [7, 11) is 1.67. The second-order valence-electron chi connectivity index (χ2n) is 6.13. The third-order valence-corrected chi connectivity index (χ3v) is 6.36. The molecule has 0 radical (unpaired) electrons. The van der Waals surface area contributed by atoms with E-state index in [2.05, 4.69) is 15.5 Å². The Morgan fingerprint density at radius 2 is 2.22 bits per heavy atom. The number of nitrogens with zero attached hydrogens (tertiary/aromatic N) is 3. The molecule has 3 rings (SSSR count). The molecule has 1 saturated heterocycles. The van der Waals surface area contributed by atoms with Crippen LogP contribution in [-0.4, -0.2) is 59.8 Å². The van der Waals surface area contributed by atoms with Crippen molar-refractivity contribution in [2.45, 2.75) is 29.8 Å². The van der Waals surface area contributed by atoms with E-state index in [1.54, 1.807) is 18.9 Å². The van der Waals surface area contributed by atoms with Gasteiger partial charge in [0.1, 0.15) is 6.61 Å². The van der Waals surface area contributed by atoms with Gasteiger partial charge in [0.15, 0.2) is 4.34 Å². The zero-order chi connectivity index (χ0) is 18.9. The van der Waals surface area contributed by atoms with E-state index in [4.69, 9.17) is 9.47 Å². The number of hydrogen-bond donors (Lipinski definition) is 1. The van der Waals surface area contributed by atoms with E-state index in [9.17, 15) is 4.79 Å². The largest absolute Gasteiger partial charge is 0.445 e. The predicted octanol–water partition coefficient (Wildman–Crippen LogP) is 3.49. The zero-order valence-corrected chi connectivity index (χ0v) is 16.9. The Labute approximate surface area is 167 Å². The minimum Gasteiger partial charge on any atom is -0.445 e. The van der Waals surface area contributed by atoms with Crippen molar-refractivity contribution in [2.24, 2.45) is 0 Å². The molecule has 9 heteroatoms. The molecule has 1 amide bonds. The van der Waals surface area contributed by atoms with Gasteiger partial charge in [-0.2, -0.15) is 0 Å². The standard InChI is InChI=1S/C18H24N4O3S2/c1-24-11-9-19-16-20-21-17(27-16)26-13-15-8-5-10-22(15)18(23)25-12-14-6-3-2-4-7-14/h2-4,6-7,15H,5,8-13H2,1H3,(H,19,20)/t15-/m0/s1. The lowest BCUT2D eigenvalue weighted by atomic mass is 10.2. The number of aromatic nitrogens is 2. The quantitative estimate of drug-likeness (QED) is 0.503. The van der Waals surface area contributed by atoms with Crippen LogP contribution in [0.25, 0.3) is 0 Å². The number of likely N-dealkylation sites (tertiary alicyclic amines) is 1. The molecule has 1 N–H and O–H groups in total. The van der Waals surface area contributed by atoms with Crippen molar-refractivity contribution in [3.05, 3.63) is 35.9 Å². The predicted molar refractivity (Wildman–Crippen MR) is 107 cm³/mol. The molecule has 2 aromatic rings. The van der Waals surface area contributed by atoms with E-state index in [-0.39, 0.29) is 12.1 Å². The summed E-state index contributed by atoms with van der Waals surface area (Å²) in [5, 5.41) is 12.3. The number of carbonyl (C=O) groups is 1. The summed E-state index contributed by atoms with van der Waals surface area (Å²) in [5.41, 5.74) is 0.998. The highest BCUT2D eigenvalue weighted by molar-refractivity contribution is 8.01. The van der Waals surface area contributed by atoms with Crippen LogP contribution in [0, 0.1) is 0 Å². The van der Waals surface area contributed by atoms with Gasteiger partial charge in [-0.15, -0.1) is 10.2 Å². The summed E-state index contributed by atoms with van der Waals surface area (Å²) in [6, 6.07) is 9.92. The van der Waals surface area contributed by atoms with Crippen LogP contribution < -0.4 is 5.32 Å². The molecule has 1 atom stereocenters. The molecule has 7 nitrogen and oxygen atoms in total. The lowest BCUT2D eigenvalue weighted by Gasteiger charge is -2.23. The molecule has 2 heterocycles. The average Bonchev–Trinajstić information content (AvgIpc) is 3.35. The van der Waals surface area contributed by atoms with Gasteiger partial charge in [-0.3, -0.25) is 0 Å². The van der Waals surface area contributed by atoms with Crippen LogP contribution in [0.2, 0.25) is 0 Å². The lowest BCUT2D eigenvalue weighted by molar-refractivity contribution is 0.0950. The molecule has 1 aromatic carbocycles. The van der Waals surface area contributed by atoms with E-state index < -0.39 is 0 Å². The van der Waals surface area contributed by atoms with Crippen LogP contribution >= 0.6 is 23.1 Å². The van der Waals surface area contributed by atoms with Gasteiger partial charge in [-0.05, 0) is 18.4 Å². The lowest BCUT2D eigenvalue weighted by Crippen LogP contribution is -2.37. The van der Waals surface area contributed by atoms with Gasteiger partial charge in [0.05, 0.1) is 6.61 Å². The number of carbonyl (C=O) groups excluding carboxylic acids is 1. The molecule has 1 fully saturated rings. The molecule has 0 aliphatic carbocycles. The summed E-state index contributed by atoms with van der Waals surface area (Å²) in [4.78, 5) is 14.3. The van der Waals surface area contributed by atoms with Crippen LogP contribution in [0.4, 0.5) is 9.93 Å². The number of anilines is 1. The van der Waals surface area contributed by atoms with Crippen molar-refractivity contribution in [3.8, 4) is 0 Å². The van der Waals surface area contributed by atoms with Crippen LogP contribution in [-0.2, 0) is 16.1 Å². The fourth-order valence-corrected chi connectivity index (χ4v) is 4.78. The molecule has 1 aliphatic heterocycles. The summed E-state index contributed by atoms with van der Waals surface area (Å²) in [5.74, 6) is 0.799. The van der Waals surface area contributed by atoms with E-state index in [0.717, 1.165) is 40.2 Å². The molecule has 27 heavy (non-hydrogen) atoms. The highest BCUT2D eigenvalue weighted by atomic mass is 32.2. The fraction of sp³-hybridized carbons (Fsp3) is 0.500. The minimum absolute atomic E-state index is 0.173. The maximum atomic E-state index is 12.4. The second kappa shape index (κ2) is 10.5. The normalized spacial score (nSPS) is 16.5. The first kappa shape index (κ1) is 19.9. The van der Waals surface area contributed by atoms with Crippen molar-refractivity contribution in [1.82, 2.24) is 15.1 Å². The summed E-state index contributed by atoms with van der Waals surface area (Å²) in [6.07, 6.45) is 1.76. The van der Waals surface area contributed by atoms with Crippen molar-refractivity contribution in [3.63, 3.8) is 0 Å². The number of rotatable bonds is 9. The third-order valence-electron chi connectivity index (χ3n) is 4.20. The summed E-state index contributed by atoms with van der Waals surface area (Å²) >= 11 is 3.16. The fourth-order valence-electron chi connectivity index (χ4n) is 2.82. The summed E-state index contributed by atoms with van der Waals surface area (Å²) in [6.45, 7) is 2.39. The summed E-state index contributed by atoms with van der Waals surface area (Å²) < 4.78 is 11.4. The van der Waals surface area contributed by atoms with Crippen LogP contribution in [0.1, 0.15) is 18.4 Å². The Balaban J connectivity index is 1.44. The van der Waals surface area contributed by atoms with Crippen LogP contribution in [0.5, 0.6) is 0 Å². The Bertz CT molecular complexity index is 714. The highest BCUT2D eigenvalue weighted by Crippen LogP contribution is 2.29. The van der Waals surface area contributed by atoms with Crippen LogP contribution in [0.15, 0.2) is 34.7 Å². The number of amides is 1. The van der Waals surface area contributed by atoms with E-state index >= 15 is 0 Å². The molecule has 1 aliphatic rings. The SMILES string of the molecule is COCCNc1nnc(SC[C@@H]2CCCN2C(=O)OCc2ccccc2)s1. The van der Waals surface area contributed by atoms with Crippen molar-refractivity contribution < 1.29 is 14.3 Å². The molecule has 0 bridgehead atoms. The highest BCUT2D eigenvalue weighted by Gasteiger charge is 2.30. The Hall–Kier alpha value is -1.84. The molecule has 0 unspecified atom stereocenters. The number of benzene rings is 1. The number of hydrogen-bond acceptors (Lipinski definition) is 8. The smallest absolute Gasteiger partial charge is 0.410 e. The Kier molecular flexibility index (Phi) is 7.73. The van der Waals surface area contributed by atoms with Crippen molar-refractivity contribution in [2.75, 3.05) is 37.9 Å². The van der Waals surface area contributed by atoms with Crippen molar-refractivity contribution >= 4 is 34.3 Å². The monoisotopic (exact) mass is 408 g/mol. The first-order valence-electron chi connectivity index (χ1n) is 8.92. The topological polar surface area (TPSA) is 76.6 Å². The van der Waals surface area contributed by atoms with Gasteiger partial charge >= 0.3 is 6.09 Å². The van der Waals surface area contributed by atoms with Gasteiger partial charge in [-0.25, -0.2) is 4.79 Å². The molecular weight excluding hydrogens is 384 g/mol. The second-order valence-corrected chi connectivity index (χ2v) is 8.38. The first-order chi connectivity index (χ1) is 13.3. The van der Waals surface area contributed by atoms with E-state index in [0.29, 0.717) is 19.8 Å². The number of ether oxygens (including phenoxy) is 2. The van der Waals surface area contributed by atoms with Crippen LogP contribution in [0.3, 0.4) is 0 Å². The Morgan fingerprint density at radius 3 is 3.04 bits per heavy atom. The van der Waals surface area contributed by atoms with Gasteiger partial charge < -0.3 is 19.7 Å². The molecule has 146 valence electrons. The first-order valence-corrected chi connectivity index (χ1v) is 10.7. The van der Waals surface area contributed by atoms with Gasteiger partial charge in [0, 0.05) is 32.0 Å². The minimum atomic E-state index is -0.235. The zero-order valence-electron chi connectivity index (χ0n) is 15.3. The molecule has 1 aromatic heterocycles. The van der Waals surface area contributed by atoms with Gasteiger partial charge in [0.25, 0.3) is 0 Å². The van der Waals surface area contributed by atoms with Gasteiger partial charge in [0.2, 0.25) is 5.13 Å².